The lowest BCUT2D eigenvalue weighted by Gasteiger charge is -2.15. The van der Waals surface area contributed by atoms with Crippen molar-refractivity contribution >= 4 is 5.91 Å². The number of H-pyrrole nitrogens is 1. The highest BCUT2D eigenvalue weighted by Crippen LogP contribution is 2.39. The highest BCUT2D eigenvalue weighted by Gasteiger charge is 2.36. The third-order valence-corrected chi connectivity index (χ3v) is 4.09. The van der Waals surface area contributed by atoms with Gasteiger partial charge in [-0.1, -0.05) is 6.07 Å². The standard InChI is InChI=1S/C17H15N3O4/c1-22-10-6-5-9(8-12(10)23-2)14-13-15(11-4-3-7-24-11)19-20-16(13)17(21)18-14/h3-8,14H,1-2H3,(H,18,21)(H,19,20)/t14-/m1/s1. The highest BCUT2D eigenvalue weighted by molar-refractivity contribution is 5.99. The third-order valence-electron chi connectivity index (χ3n) is 4.09. The van der Waals surface area contributed by atoms with E-state index in [2.05, 4.69) is 15.5 Å². The minimum absolute atomic E-state index is 0.223. The number of hydrogen-bond acceptors (Lipinski definition) is 5. The van der Waals surface area contributed by atoms with Crippen molar-refractivity contribution < 1.29 is 18.7 Å². The maximum Gasteiger partial charge on any atom is 0.272 e. The molecule has 0 saturated carbocycles. The summed E-state index contributed by atoms with van der Waals surface area (Å²) in [5.74, 6) is 1.63. The van der Waals surface area contributed by atoms with E-state index in [0.29, 0.717) is 28.6 Å². The van der Waals surface area contributed by atoms with E-state index in [9.17, 15) is 4.79 Å². The molecule has 0 fully saturated rings. The van der Waals surface area contributed by atoms with E-state index in [4.69, 9.17) is 13.9 Å². The fraction of sp³-hybridized carbons (Fsp3) is 0.176. The molecule has 2 N–H and O–H groups in total. The number of nitrogens with one attached hydrogen (secondary N) is 2. The lowest BCUT2D eigenvalue weighted by atomic mass is 9.98. The Hall–Kier alpha value is -3.22. The summed E-state index contributed by atoms with van der Waals surface area (Å²) in [5, 5.41) is 9.98. The molecule has 0 unspecified atom stereocenters. The van der Waals surface area contributed by atoms with E-state index in [1.165, 1.54) is 0 Å². The maximum absolute atomic E-state index is 12.2. The number of amides is 1. The zero-order valence-electron chi connectivity index (χ0n) is 13.1. The van der Waals surface area contributed by atoms with Gasteiger partial charge in [-0.2, -0.15) is 5.10 Å². The smallest absolute Gasteiger partial charge is 0.272 e. The van der Waals surface area contributed by atoms with Crippen LogP contribution < -0.4 is 14.8 Å². The fourth-order valence-electron chi connectivity index (χ4n) is 2.97. The van der Waals surface area contributed by atoms with Crippen molar-refractivity contribution in [1.29, 1.82) is 0 Å². The molecule has 7 heteroatoms. The van der Waals surface area contributed by atoms with Gasteiger partial charge in [0.25, 0.3) is 5.91 Å². The molecule has 0 saturated heterocycles. The zero-order valence-corrected chi connectivity index (χ0v) is 13.1. The summed E-state index contributed by atoms with van der Waals surface area (Å²) >= 11 is 0. The van der Waals surface area contributed by atoms with E-state index in [1.54, 1.807) is 26.5 Å². The first-order valence-corrected chi connectivity index (χ1v) is 7.38. The van der Waals surface area contributed by atoms with Gasteiger partial charge in [0.2, 0.25) is 0 Å². The quantitative estimate of drug-likeness (QED) is 0.769. The number of carbonyl (C=O) groups is 1. The molecule has 2 aromatic heterocycles. The summed E-state index contributed by atoms with van der Waals surface area (Å²) in [4.78, 5) is 12.2. The average Bonchev–Trinajstić information content (AvgIpc) is 3.32. The number of benzene rings is 1. The number of carbonyl (C=O) groups excluding carboxylic acids is 1. The second-order valence-electron chi connectivity index (χ2n) is 5.36. The maximum atomic E-state index is 12.2. The first-order valence-electron chi connectivity index (χ1n) is 7.38. The number of ether oxygens (including phenoxy) is 2. The van der Waals surface area contributed by atoms with Crippen molar-refractivity contribution in [3.05, 3.63) is 53.4 Å². The topological polar surface area (TPSA) is 89.4 Å². The molecule has 1 amide bonds. The average molecular weight is 325 g/mol. The van der Waals surface area contributed by atoms with Gasteiger partial charge in [-0.3, -0.25) is 9.89 Å². The van der Waals surface area contributed by atoms with Crippen LogP contribution >= 0.6 is 0 Å². The summed E-state index contributed by atoms with van der Waals surface area (Å²) in [6, 6.07) is 8.81. The summed E-state index contributed by atoms with van der Waals surface area (Å²) in [5.41, 5.74) is 2.70. The third kappa shape index (κ3) is 2.05. The van der Waals surface area contributed by atoms with E-state index < -0.39 is 0 Å². The number of aromatic amines is 1. The largest absolute Gasteiger partial charge is 0.493 e. The van der Waals surface area contributed by atoms with Gasteiger partial charge < -0.3 is 19.2 Å². The summed E-state index contributed by atoms with van der Waals surface area (Å²) in [6.07, 6.45) is 1.58. The zero-order chi connectivity index (χ0) is 16.7. The fourth-order valence-corrected chi connectivity index (χ4v) is 2.97. The van der Waals surface area contributed by atoms with Gasteiger partial charge in [0.05, 0.1) is 26.5 Å². The van der Waals surface area contributed by atoms with Crippen molar-refractivity contribution in [3.8, 4) is 23.0 Å². The number of rotatable bonds is 4. The molecule has 24 heavy (non-hydrogen) atoms. The second kappa shape index (κ2) is 5.45. The van der Waals surface area contributed by atoms with Crippen molar-refractivity contribution in [2.45, 2.75) is 6.04 Å². The Morgan fingerprint density at radius 3 is 2.71 bits per heavy atom. The minimum Gasteiger partial charge on any atom is -0.493 e. The van der Waals surface area contributed by atoms with Crippen LogP contribution in [0.2, 0.25) is 0 Å². The summed E-state index contributed by atoms with van der Waals surface area (Å²) in [7, 11) is 3.16. The SMILES string of the molecule is COc1ccc([C@H]2NC(=O)c3n[nH]c(-c4ccco4)c32)cc1OC. The first kappa shape index (κ1) is 14.4. The number of aromatic nitrogens is 2. The van der Waals surface area contributed by atoms with Gasteiger partial charge in [-0.25, -0.2) is 0 Å². The normalized spacial score (nSPS) is 15.9. The van der Waals surface area contributed by atoms with Crippen LogP contribution in [0.1, 0.15) is 27.7 Å². The lowest BCUT2D eigenvalue weighted by molar-refractivity contribution is 0.0955. The van der Waals surface area contributed by atoms with Gasteiger partial charge in [0, 0.05) is 5.56 Å². The number of methoxy groups -OCH3 is 2. The van der Waals surface area contributed by atoms with E-state index in [0.717, 1.165) is 11.1 Å². The Balaban J connectivity index is 1.83. The highest BCUT2D eigenvalue weighted by atomic mass is 16.5. The number of nitrogens with zero attached hydrogens (tertiary/aromatic N) is 1. The molecule has 0 bridgehead atoms. The minimum atomic E-state index is -0.342. The van der Waals surface area contributed by atoms with Crippen LogP contribution in [-0.4, -0.2) is 30.3 Å². The van der Waals surface area contributed by atoms with Crippen LogP contribution in [0.4, 0.5) is 0 Å². The molecular formula is C17H15N3O4. The number of furan rings is 1. The monoisotopic (exact) mass is 325 g/mol. The van der Waals surface area contributed by atoms with Gasteiger partial charge >= 0.3 is 0 Å². The van der Waals surface area contributed by atoms with Crippen LogP contribution in [0, 0.1) is 0 Å². The van der Waals surface area contributed by atoms with Crippen LogP contribution in [0.5, 0.6) is 11.5 Å². The van der Waals surface area contributed by atoms with Crippen molar-refractivity contribution in [2.75, 3.05) is 14.2 Å². The Morgan fingerprint density at radius 1 is 1.17 bits per heavy atom. The molecule has 0 aliphatic carbocycles. The van der Waals surface area contributed by atoms with Crippen LogP contribution in [0.3, 0.4) is 0 Å². The van der Waals surface area contributed by atoms with Crippen molar-refractivity contribution in [1.82, 2.24) is 15.5 Å². The second-order valence-corrected chi connectivity index (χ2v) is 5.36. The Bertz CT molecular complexity index is 899. The van der Waals surface area contributed by atoms with E-state index >= 15 is 0 Å². The molecule has 1 aromatic carbocycles. The predicted octanol–water partition coefficient (Wildman–Crippen LogP) is 2.52. The molecule has 3 heterocycles. The molecule has 1 aliphatic rings. The molecule has 1 aliphatic heterocycles. The Kier molecular flexibility index (Phi) is 3.26. The van der Waals surface area contributed by atoms with Gasteiger partial charge in [0.15, 0.2) is 23.0 Å². The van der Waals surface area contributed by atoms with E-state index in [1.807, 2.05) is 24.3 Å². The predicted molar refractivity (Wildman–Crippen MR) is 85.1 cm³/mol. The summed E-state index contributed by atoms with van der Waals surface area (Å²) in [6.45, 7) is 0. The molecule has 1 atom stereocenters. The summed E-state index contributed by atoms with van der Waals surface area (Å²) < 4.78 is 16.1. The van der Waals surface area contributed by atoms with Gasteiger partial charge in [0.1, 0.15) is 5.69 Å². The first-order chi connectivity index (χ1) is 11.7. The Morgan fingerprint density at radius 2 is 2.00 bits per heavy atom. The molecule has 122 valence electrons. The number of fused-ring (bicyclic) bond motifs is 1. The molecule has 3 aromatic rings. The molecule has 0 radical (unpaired) electrons. The lowest BCUT2D eigenvalue weighted by Crippen LogP contribution is -2.21. The van der Waals surface area contributed by atoms with E-state index in [-0.39, 0.29) is 11.9 Å². The van der Waals surface area contributed by atoms with Crippen molar-refractivity contribution in [2.24, 2.45) is 0 Å². The Labute approximate surface area is 137 Å². The van der Waals surface area contributed by atoms with Crippen molar-refractivity contribution in [3.63, 3.8) is 0 Å². The molecule has 7 nitrogen and oxygen atoms in total. The molecule has 0 spiro atoms. The van der Waals surface area contributed by atoms with Crippen LogP contribution in [-0.2, 0) is 0 Å². The molecule has 4 rings (SSSR count). The van der Waals surface area contributed by atoms with Crippen LogP contribution in [0.15, 0.2) is 41.0 Å². The van der Waals surface area contributed by atoms with Gasteiger partial charge in [-0.15, -0.1) is 0 Å². The van der Waals surface area contributed by atoms with Crippen LogP contribution in [0.25, 0.3) is 11.5 Å². The molecular weight excluding hydrogens is 310 g/mol. The van der Waals surface area contributed by atoms with Gasteiger partial charge in [-0.05, 0) is 29.8 Å². The number of hydrogen-bond donors (Lipinski definition) is 2.